The van der Waals surface area contributed by atoms with Crippen molar-refractivity contribution in [3.8, 4) is 0 Å². The number of nitrogens with two attached hydrogens (primary N) is 1. The molecular formula is C27H34N4O6. The molecule has 4 amide bonds. The van der Waals surface area contributed by atoms with Gasteiger partial charge in [0.2, 0.25) is 17.6 Å². The Morgan fingerprint density at radius 2 is 1.30 bits per heavy atom. The number of carbonyl (C=O) groups excluding carboxylic acids is 5. The van der Waals surface area contributed by atoms with Gasteiger partial charge in [-0.15, -0.1) is 0 Å². The van der Waals surface area contributed by atoms with Crippen LogP contribution in [0.5, 0.6) is 0 Å². The molecule has 0 heterocycles. The van der Waals surface area contributed by atoms with E-state index in [0.29, 0.717) is 0 Å². The molecule has 0 aliphatic carbocycles. The fourth-order valence-corrected chi connectivity index (χ4v) is 3.51. The normalized spacial score (nSPS) is 13.1. The molecule has 0 aliphatic heterocycles. The Kier molecular flexibility index (Phi) is 11.3. The molecule has 2 aromatic rings. The summed E-state index contributed by atoms with van der Waals surface area (Å²) in [6.07, 6.45) is -0.473. The van der Waals surface area contributed by atoms with Crippen molar-refractivity contribution in [2.24, 2.45) is 11.7 Å². The van der Waals surface area contributed by atoms with Gasteiger partial charge >= 0.3 is 6.09 Å². The Bertz CT molecular complexity index is 1070. The van der Waals surface area contributed by atoms with E-state index in [1.54, 1.807) is 42.5 Å². The Balaban J connectivity index is 2.02. The third kappa shape index (κ3) is 10.1. The van der Waals surface area contributed by atoms with Gasteiger partial charge in [-0.3, -0.25) is 19.2 Å². The number of amides is 4. The minimum Gasteiger partial charge on any atom is -0.445 e. The van der Waals surface area contributed by atoms with Gasteiger partial charge in [-0.25, -0.2) is 4.79 Å². The van der Waals surface area contributed by atoms with Crippen molar-refractivity contribution in [3.63, 3.8) is 0 Å². The summed E-state index contributed by atoms with van der Waals surface area (Å²) in [5.41, 5.74) is 6.70. The van der Waals surface area contributed by atoms with Gasteiger partial charge in [0.1, 0.15) is 24.7 Å². The van der Waals surface area contributed by atoms with Gasteiger partial charge in [0.25, 0.3) is 5.91 Å². The van der Waals surface area contributed by atoms with Crippen LogP contribution in [0.1, 0.15) is 38.3 Å². The molecule has 37 heavy (non-hydrogen) atoms. The first-order chi connectivity index (χ1) is 17.6. The molecular weight excluding hydrogens is 476 g/mol. The van der Waals surface area contributed by atoms with Gasteiger partial charge in [-0.05, 0) is 30.4 Å². The first-order valence-electron chi connectivity index (χ1n) is 12.0. The number of hydrogen-bond donors (Lipinski definition) is 4. The zero-order valence-electron chi connectivity index (χ0n) is 21.2. The maximum atomic E-state index is 13.1. The quantitative estimate of drug-likeness (QED) is 0.300. The highest BCUT2D eigenvalue weighted by molar-refractivity contribution is 6.37. The lowest BCUT2D eigenvalue weighted by Gasteiger charge is -2.25. The third-order valence-corrected chi connectivity index (χ3v) is 5.44. The molecule has 10 heteroatoms. The monoisotopic (exact) mass is 510 g/mol. The summed E-state index contributed by atoms with van der Waals surface area (Å²) < 4.78 is 5.13. The van der Waals surface area contributed by atoms with E-state index in [2.05, 4.69) is 16.0 Å². The van der Waals surface area contributed by atoms with E-state index in [9.17, 15) is 24.0 Å². The number of ether oxygens (including phenoxy) is 1. The lowest BCUT2D eigenvalue weighted by molar-refractivity contribution is -0.139. The number of carbonyl (C=O) groups is 5. The number of hydrogen-bond acceptors (Lipinski definition) is 6. The Labute approximate surface area is 216 Å². The largest absolute Gasteiger partial charge is 0.445 e. The van der Waals surface area contributed by atoms with Crippen molar-refractivity contribution < 1.29 is 28.7 Å². The van der Waals surface area contributed by atoms with Crippen LogP contribution in [0, 0.1) is 5.92 Å². The molecule has 0 aliphatic rings. The fraction of sp³-hybridized carbons (Fsp3) is 0.370. The molecule has 198 valence electrons. The van der Waals surface area contributed by atoms with E-state index >= 15 is 0 Å². The number of nitrogens with one attached hydrogen (secondary N) is 3. The molecule has 0 aromatic heterocycles. The number of rotatable bonds is 13. The van der Waals surface area contributed by atoms with Crippen molar-refractivity contribution in [2.45, 2.75) is 58.3 Å². The zero-order valence-corrected chi connectivity index (χ0v) is 21.2. The minimum absolute atomic E-state index is 0.00886. The van der Waals surface area contributed by atoms with Gasteiger partial charge in [-0.1, -0.05) is 74.5 Å². The van der Waals surface area contributed by atoms with E-state index in [4.69, 9.17) is 10.5 Å². The summed E-state index contributed by atoms with van der Waals surface area (Å²) in [6.45, 7) is 5.23. The molecule has 3 atom stereocenters. The van der Waals surface area contributed by atoms with Gasteiger partial charge in [0, 0.05) is 6.42 Å². The number of Topliss-reactive ketones (excluding diaryl/α,β-unsaturated/α-hetero) is 1. The fourth-order valence-electron chi connectivity index (χ4n) is 3.51. The smallest absolute Gasteiger partial charge is 0.408 e. The molecule has 2 rings (SSSR count). The van der Waals surface area contributed by atoms with Crippen LogP contribution in [0.2, 0.25) is 0 Å². The summed E-state index contributed by atoms with van der Waals surface area (Å²) in [6, 6.07) is 14.7. The lowest BCUT2D eigenvalue weighted by Crippen LogP contribution is -2.56. The van der Waals surface area contributed by atoms with Crippen molar-refractivity contribution in [2.75, 3.05) is 0 Å². The predicted octanol–water partition coefficient (Wildman–Crippen LogP) is 1.61. The molecule has 0 fully saturated rings. The average molecular weight is 511 g/mol. The molecule has 0 radical (unpaired) electrons. The highest BCUT2D eigenvalue weighted by Gasteiger charge is 2.30. The maximum Gasteiger partial charge on any atom is 0.408 e. The second-order valence-corrected chi connectivity index (χ2v) is 9.10. The summed E-state index contributed by atoms with van der Waals surface area (Å²) in [7, 11) is 0. The van der Waals surface area contributed by atoms with Crippen LogP contribution in [0.15, 0.2) is 60.7 Å². The molecule has 10 nitrogen and oxygen atoms in total. The standard InChI is InChI=1S/C27H34N4O6/c1-17(2)14-22(26(35)30-21(23(32)24(28)33)15-19-10-6-4-7-11-19)31-25(34)18(3)29-27(36)37-16-20-12-8-5-9-13-20/h4-13,17-18,21-22H,14-16H2,1-3H3,(H2,28,33)(H,29,36)(H,30,35)(H,31,34)/t18-,21-,22-/m0/s1. The van der Waals surface area contributed by atoms with E-state index in [-0.39, 0.29) is 25.4 Å². The highest BCUT2D eigenvalue weighted by Crippen LogP contribution is 2.09. The Morgan fingerprint density at radius 3 is 1.84 bits per heavy atom. The van der Waals surface area contributed by atoms with Crippen LogP contribution < -0.4 is 21.7 Å². The number of primary amides is 1. The van der Waals surface area contributed by atoms with Gasteiger partial charge < -0.3 is 26.4 Å². The van der Waals surface area contributed by atoms with Crippen molar-refractivity contribution >= 4 is 29.6 Å². The lowest BCUT2D eigenvalue weighted by atomic mass is 9.99. The first kappa shape index (κ1) is 29.0. The summed E-state index contributed by atoms with van der Waals surface area (Å²) >= 11 is 0. The van der Waals surface area contributed by atoms with E-state index < -0.39 is 47.7 Å². The average Bonchev–Trinajstić information content (AvgIpc) is 2.87. The van der Waals surface area contributed by atoms with Crippen molar-refractivity contribution in [1.82, 2.24) is 16.0 Å². The molecule has 0 spiro atoms. The second-order valence-electron chi connectivity index (χ2n) is 9.10. The molecule has 0 saturated heterocycles. The van der Waals surface area contributed by atoms with Crippen LogP contribution in [0.3, 0.4) is 0 Å². The predicted molar refractivity (Wildman–Crippen MR) is 137 cm³/mol. The number of ketones is 1. The SMILES string of the molecule is CC(C)C[C@H](NC(=O)[C@H](C)NC(=O)OCc1ccccc1)C(=O)N[C@@H](Cc1ccccc1)C(=O)C(N)=O. The highest BCUT2D eigenvalue weighted by atomic mass is 16.5. The molecule has 0 saturated carbocycles. The Hall–Kier alpha value is -4.21. The maximum absolute atomic E-state index is 13.1. The van der Waals surface area contributed by atoms with E-state index in [0.717, 1.165) is 11.1 Å². The van der Waals surface area contributed by atoms with Crippen LogP contribution >= 0.6 is 0 Å². The van der Waals surface area contributed by atoms with Crippen molar-refractivity contribution in [1.29, 1.82) is 0 Å². The molecule has 5 N–H and O–H groups in total. The van der Waals surface area contributed by atoms with Crippen LogP contribution in [-0.4, -0.2) is 47.7 Å². The van der Waals surface area contributed by atoms with E-state index in [1.165, 1.54) is 6.92 Å². The van der Waals surface area contributed by atoms with Crippen LogP contribution in [-0.2, 0) is 36.9 Å². The summed E-state index contributed by atoms with van der Waals surface area (Å²) in [5, 5.41) is 7.61. The topological polar surface area (TPSA) is 157 Å². The summed E-state index contributed by atoms with van der Waals surface area (Å²) in [5.74, 6) is -3.36. The van der Waals surface area contributed by atoms with Gasteiger partial charge in [0.15, 0.2) is 0 Å². The molecule has 0 unspecified atom stereocenters. The third-order valence-electron chi connectivity index (χ3n) is 5.44. The summed E-state index contributed by atoms with van der Waals surface area (Å²) in [4.78, 5) is 62.0. The van der Waals surface area contributed by atoms with Crippen molar-refractivity contribution in [3.05, 3.63) is 71.8 Å². The molecule has 2 aromatic carbocycles. The molecule has 0 bridgehead atoms. The van der Waals surface area contributed by atoms with Gasteiger partial charge in [0.05, 0.1) is 0 Å². The van der Waals surface area contributed by atoms with E-state index in [1.807, 2.05) is 32.0 Å². The second kappa shape index (κ2) is 14.4. The van der Waals surface area contributed by atoms with Gasteiger partial charge in [-0.2, -0.15) is 0 Å². The zero-order chi connectivity index (χ0) is 27.4. The minimum atomic E-state index is -1.19. The first-order valence-corrected chi connectivity index (χ1v) is 12.0. The van der Waals surface area contributed by atoms with Crippen LogP contribution in [0.4, 0.5) is 4.79 Å². The number of alkyl carbamates (subject to hydrolysis) is 1. The number of benzene rings is 2. The van der Waals surface area contributed by atoms with Crippen LogP contribution in [0.25, 0.3) is 0 Å². The Morgan fingerprint density at radius 1 is 0.757 bits per heavy atom.